The maximum atomic E-state index is 11.8. The van der Waals surface area contributed by atoms with Crippen molar-refractivity contribution in [3.05, 3.63) is 0 Å². The summed E-state index contributed by atoms with van der Waals surface area (Å²) in [5.41, 5.74) is 0. The third-order valence-electron chi connectivity index (χ3n) is 5.45. The average molecular weight is 677 g/mol. The van der Waals surface area contributed by atoms with Crippen LogP contribution in [0.5, 0.6) is 0 Å². The van der Waals surface area contributed by atoms with Gasteiger partial charge in [0.05, 0.1) is 145 Å². The summed E-state index contributed by atoms with van der Waals surface area (Å²) in [5.74, 6) is -1.22. The lowest BCUT2D eigenvalue weighted by Gasteiger charge is -2.09. The van der Waals surface area contributed by atoms with Gasteiger partial charge in [-0.15, -0.1) is 0 Å². The van der Waals surface area contributed by atoms with Crippen LogP contribution in [-0.4, -0.2) is 176 Å². The van der Waals surface area contributed by atoms with Gasteiger partial charge in [-0.1, -0.05) is 0 Å². The van der Waals surface area contributed by atoms with Gasteiger partial charge >= 0.3 is 11.9 Å². The second-order valence-electron chi connectivity index (χ2n) is 9.25. The third-order valence-corrected chi connectivity index (χ3v) is 5.45. The van der Waals surface area contributed by atoms with Crippen molar-refractivity contribution in [1.29, 1.82) is 0 Å². The molecule has 0 rings (SSSR count). The molecule has 0 aliphatic heterocycles. The number of hydrogen-bond acceptors (Lipinski definition) is 14. The summed E-state index contributed by atoms with van der Waals surface area (Å²) >= 11 is 0. The lowest BCUT2D eigenvalue weighted by Crippen LogP contribution is -2.15. The standard InChI is InChI=1S/C30H57FO15/c31-5-6-35-7-8-36-9-10-37-11-12-38-13-14-39-15-16-40-17-18-41-19-20-42-21-22-43-23-24-44-25-26-45-27-28-46-30(34)4-2-1-3-29(32)33/h1-28H2,(H,32,33). The highest BCUT2D eigenvalue weighted by molar-refractivity contribution is 5.69. The first-order chi connectivity index (χ1) is 22.7. The predicted molar refractivity (Wildman–Crippen MR) is 162 cm³/mol. The Kier molecular flexibility index (Phi) is 38.3. The molecule has 0 bridgehead atoms. The number of ether oxygens (including phenoxy) is 12. The van der Waals surface area contributed by atoms with Gasteiger partial charge in [-0.05, 0) is 12.8 Å². The molecule has 0 aliphatic rings. The fourth-order valence-corrected chi connectivity index (χ4v) is 3.19. The van der Waals surface area contributed by atoms with E-state index in [0.717, 1.165) is 0 Å². The second-order valence-corrected chi connectivity index (χ2v) is 9.25. The van der Waals surface area contributed by atoms with Crippen molar-refractivity contribution in [2.45, 2.75) is 25.7 Å². The number of carboxylic acids is 1. The Bertz CT molecular complexity index is 633. The quantitative estimate of drug-likeness (QED) is 0.0729. The Hall–Kier alpha value is -1.57. The number of aliphatic carboxylic acids is 1. The number of unbranched alkanes of at least 4 members (excludes halogenated alkanes) is 1. The Labute approximate surface area is 272 Å². The van der Waals surface area contributed by atoms with E-state index < -0.39 is 12.6 Å². The molecule has 46 heavy (non-hydrogen) atoms. The van der Waals surface area contributed by atoms with E-state index in [-0.39, 0.29) is 38.6 Å². The Balaban J connectivity index is 3.09. The van der Waals surface area contributed by atoms with E-state index in [9.17, 15) is 14.0 Å². The van der Waals surface area contributed by atoms with E-state index in [1.807, 2.05) is 0 Å². The number of rotatable bonds is 40. The molecule has 0 saturated heterocycles. The highest BCUT2D eigenvalue weighted by atomic mass is 19.1. The molecule has 0 atom stereocenters. The Morgan fingerprint density at radius 3 is 0.870 bits per heavy atom. The minimum absolute atomic E-state index is 0.0572. The van der Waals surface area contributed by atoms with Crippen molar-refractivity contribution in [2.75, 3.05) is 159 Å². The van der Waals surface area contributed by atoms with Crippen molar-refractivity contribution in [1.82, 2.24) is 0 Å². The lowest BCUT2D eigenvalue weighted by molar-refractivity contribution is -0.146. The van der Waals surface area contributed by atoms with E-state index >= 15 is 0 Å². The van der Waals surface area contributed by atoms with Crippen molar-refractivity contribution in [3.63, 3.8) is 0 Å². The van der Waals surface area contributed by atoms with Gasteiger partial charge in [0.2, 0.25) is 0 Å². The maximum absolute atomic E-state index is 11.8. The number of esters is 1. The molecule has 0 amide bonds. The van der Waals surface area contributed by atoms with Gasteiger partial charge in [0, 0.05) is 12.8 Å². The van der Waals surface area contributed by atoms with Crippen LogP contribution in [0.2, 0.25) is 0 Å². The van der Waals surface area contributed by atoms with Gasteiger partial charge in [0.1, 0.15) is 13.3 Å². The molecular formula is C30H57FO15. The number of carbonyl (C=O) groups excluding carboxylic acids is 1. The van der Waals surface area contributed by atoms with Crippen LogP contribution in [0.1, 0.15) is 25.7 Å². The van der Waals surface area contributed by atoms with Crippen LogP contribution < -0.4 is 0 Å². The van der Waals surface area contributed by atoms with E-state index in [0.29, 0.717) is 145 Å². The SMILES string of the molecule is O=C(O)CCCCC(=O)OCCOCCOCCOCCOCCOCCOCCOCCOCCOCCOCCOCCF. The second kappa shape index (κ2) is 39.6. The van der Waals surface area contributed by atoms with E-state index in [1.54, 1.807) is 0 Å². The average Bonchev–Trinajstić information content (AvgIpc) is 3.05. The molecule has 0 saturated carbocycles. The topological polar surface area (TPSA) is 165 Å². The molecule has 16 heteroatoms. The van der Waals surface area contributed by atoms with Crippen LogP contribution in [0.3, 0.4) is 0 Å². The fourth-order valence-electron chi connectivity index (χ4n) is 3.19. The molecule has 0 unspecified atom stereocenters. The fraction of sp³-hybridized carbons (Fsp3) is 0.933. The van der Waals surface area contributed by atoms with Gasteiger partial charge in [-0.25, -0.2) is 4.39 Å². The smallest absolute Gasteiger partial charge is 0.305 e. The van der Waals surface area contributed by atoms with Crippen molar-refractivity contribution in [3.8, 4) is 0 Å². The van der Waals surface area contributed by atoms with Gasteiger partial charge < -0.3 is 61.9 Å². The number of carbonyl (C=O) groups is 2. The molecule has 0 spiro atoms. The Morgan fingerprint density at radius 1 is 0.370 bits per heavy atom. The third kappa shape index (κ3) is 40.5. The zero-order valence-corrected chi connectivity index (χ0v) is 27.3. The minimum Gasteiger partial charge on any atom is -0.481 e. The summed E-state index contributed by atoms with van der Waals surface area (Å²) in [6.45, 7) is 9.16. The summed E-state index contributed by atoms with van der Waals surface area (Å²) < 4.78 is 75.8. The first kappa shape index (κ1) is 44.4. The molecule has 0 heterocycles. The van der Waals surface area contributed by atoms with E-state index in [4.69, 9.17) is 61.9 Å². The van der Waals surface area contributed by atoms with Crippen molar-refractivity contribution < 1.29 is 75.9 Å². The number of carboxylic acid groups (broad SMARTS) is 1. The Morgan fingerprint density at radius 2 is 0.609 bits per heavy atom. The molecule has 0 aromatic carbocycles. The highest BCUT2D eigenvalue weighted by Gasteiger charge is 2.04. The zero-order chi connectivity index (χ0) is 33.4. The van der Waals surface area contributed by atoms with Crippen LogP contribution in [0.15, 0.2) is 0 Å². The highest BCUT2D eigenvalue weighted by Crippen LogP contribution is 2.01. The van der Waals surface area contributed by atoms with Crippen LogP contribution in [0, 0.1) is 0 Å². The summed E-state index contributed by atoms with van der Waals surface area (Å²) in [5, 5.41) is 8.54. The summed E-state index contributed by atoms with van der Waals surface area (Å²) in [4.78, 5) is 21.9. The molecule has 1 N–H and O–H groups in total. The van der Waals surface area contributed by atoms with Gasteiger partial charge in [-0.2, -0.15) is 0 Å². The number of halogens is 1. The maximum Gasteiger partial charge on any atom is 0.305 e. The monoisotopic (exact) mass is 676 g/mol. The van der Waals surface area contributed by atoms with Crippen LogP contribution in [0.4, 0.5) is 4.39 Å². The molecular weight excluding hydrogens is 619 g/mol. The predicted octanol–water partition coefficient (Wildman–Crippen LogP) is 1.33. The summed E-state index contributed by atoms with van der Waals surface area (Å²) in [7, 11) is 0. The minimum atomic E-state index is -0.866. The first-order valence-electron chi connectivity index (χ1n) is 15.9. The molecule has 274 valence electrons. The lowest BCUT2D eigenvalue weighted by atomic mass is 10.2. The van der Waals surface area contributed by atoms with Crippen LogP contribution >= 0.6 is 0 Å². The number of hydrogen-bond donors (Lipinski definition) is 1. The van der Waals surface area contributed by atoms with Gasteiger partial charge in [-0.3, -0.25) is 9.59 Å². The zero-order valence-electron chi connectivity index (χ0n) is 27.3. The normalized spacial score (nSPS) is 11.3. The molecule has 0 aliphatic carbocycles. The van der Waals surface area contributed by atoms with E-state index in [1.165, 1.54) is 0 Å². The van der Waals surface area contributed by atoms with Gasteiger partial charge in [0.25, 0.3) is 0 Å². The molecule has 0 fully saturated rings. The molecule has 15 nitrogen and oxygen atoms in total. The first-order valence-corrected chi connectivity index (χ1v) is 15.9. The number of alkyl halides is 1. The molecule has 0 aromatic heterocycles. The molecule has 0 radical (unpaired) electrons. The largest absolute Gasteiger partial charge is 0.481 e. The van der Waals surface area contributed by atoms with Crippen LogP contribution in [0.25, 0.3) is 0 Å². The van der Waals surface area contributed by atoms with Gasteiger partial charge in [0.15, 0.2) is 0 Å². The molecule has 0 aromatic rings. The van der Waals surface area contributed by atoms with Crippen molar-refractivity contribution >= 4 is 11.9 Å². The summed E-state index contributed by atoms with van der Waals surface area (Å²) in [6.07, 6.45) is 1.22. The summed E-state index contributed by atoms with van der Waals surface area (Å²) in [6, 6.07) is 0. The van der Waals surface area contributed by atoms with Crippen molar-refractivity contribution in [2.24, 2.45) is 0 Å². The van der Waals surface area contributed by atoms with E-state index in [2.05, 4.69) is 0 Å². The van der Waals surface area contributed by atoms with Crippen LogP contribution in [-0.2, 0) is 66.4 Å².